The minimum Gasteiger partial charge on any atom is -0.338 e. The summed E-state index contributed by atoms with van der Waals surface area (Å²) in [6, 6.07) is 0. The van der Waals surface area contributed by atoms with E-state index in [0.29, 0.717) is 18.2 Å². The summed E-state index contributed by atoms with van der Waals surface area (Å²) in [6.45, 7) is 2.22. The van der Waals surface area contributed by atoms with Crippen LogP contribution in [0, 0.1) is 5.92 Å². The van der Waals surface area contributed by atoms with E-state index >= 15 is 0 Å². The van der Waals surface area contributed by atoms with Gasteiger partial charge in [-0.05, 0) is 44.4 Å². The molecule has 1 aliphatic carbocycles. The topological polar surface area (TPSA) is 99.1 Å². The van der Waals surface area contributed by atoms with Crippen molar-refractivity contribution >= 4 is 9.84 Å². The van der Waals surface area contributed by atoms with Crippen LogP contribution in [0.2, 0.25) is 0 Å². The molecule has 21 heavy (non-hydrogen) atoms. The van der Waals surface area contributed by atoms with Gasteiger partial charge in [-0.2, -0.15) is 4.98 Å². The molecule has 7 heteroatoms. The molecule has 2 aliphatic rings. The van der Waals surface area contributed by atoms with Gasteiger partial charge in [-0.3, -0.25) is 0 Å². The summed E-state index contributed by atoms with van der Waals surface area (Å²) < 4.78 is 29.5. The smallest absolute Gasteiger partial charge is 0.245 e. The molecule has 1 saturated heterocycles. The Balaban J connectivity index is 1.83. The van der Waals surface area contributed by atoms with E-state index in [1.165, 1.54) is 0 Å². The first-order chi connectivity index (χ1) is 9.91. The molecule has 1 saturated carbocycles. The zero-order valence-corrected chi connectivity index (χ0v) is 13.2. The SMILES string of the molecule is CC1CCC(N)(c2noc(C3CCCCS3(=O)=O)n2)CC1. The van der Waals surface area contributed by atoms with Crippen LogP contribution in [-0.2, 0) is 15.4 Å². The summed E-state index contributed by atoms with van der Waals surface area (Å²) in [6.07, 6.45) is 5.91. The fourth-order valence-corrected chi connectivity index (χ4v) is 5.12. The van der Waals surface area contributed by atoms with Crippen molar-refractivity contribution in [3.05, 3.63) is 11.7 Å². The highest BCUT2D eigenvalue weighted by molar-refractivity contribution is 7.91. The highest BCUT2D eigenvalue weighted by atomic mass is 32.2. The van der Waals surface area contributed by atoms with Crippen LogP contribution in [0.15, 0.2) is 4.52 Å². The van der Waals surface area contributed by atoms with Crippen LogP contribution >= 0.6 is 0 Å². The van der Waals surface area contributed by atoms with Crippen LogP contribution in [-0.4, -0.2) is 24.3 Å². The molecule has 6 nitrogen and oxygen atoms in total. The molecule has 3 rings (SSSR count). The number of hydrogen-bond acceptors (Lipinski definition) is 6. The van der Waals surface area contributed by atoms with Crippen molar-refractivity contribution in [3.8, 4) is 0 Å². The van der Waals surface area contributed by atoms with Crippen molar-refractivity contribution < 1.29 is 12.9 Å². The summed E-state index contributed by atoms with van der Waals surface area (Å²) in [4.78, 5) is 4.37. The zero-order valence-electron chi connectivity index (χ0n) is 12.4. The lowest BCUT2D eigenvalue weighted by Crippen LogP contribution is -2.41. The minimum absolute atomic E-state index is 0.209. The molecule has 1 aliphatic heterocycles. The Kier molecular flexibility index (Phi) is 3.81. The fraction of sp³-hybridized carbons (Fsp3) is 0.857. The molecule has 118 valence electrons. The average Bonchev–Trinajstić information content (AvgIpc) is 2.92. The Morgan fingerprint density at radius 2 is 1.95 bits per heavy atom. The van der Waals surface area contributed by atoms with Gasteiger partial charge in [-0.25, -0.2) is 8.42 Å². The first-order valence-electron chi connectivity index (χ1n) is 7.75. The Hall–Kier alpha value is -0.950. The normalized spacial score (nSPS) is 36.5. The monoisotopic (exact) mass is 313 g/mol. The number of sulfone groups is 1. The second-order valence-electron chi connectivity index (χ2n) is 6.65. The van der Waals surface area contributed by atoms with Gasteiger partial charge in [0.05, 0.1) is 11.3 Å². The van der Waals surface area contributed by atoms with Gasteiger partial charge in [-0.15, -0.1) is 0 Å². The van der Waals surface area contributed by atoms with Gasteiger partial charge < -0.3 is 10.3 Å². The second kappa shape index (κ2) is 5.35. The lowest BCUT2D eigenvalue weighted by molar-refractivity contribution is 0.229. The maximum atomic E-state index is 12.1. The molecule has 0 spiro atoms. The van der Waals surface area contributed by atoms with E-state index in [-0.39, 0.29) is 11.6 Å². The highest BCUT2D eigenvalue weighted by Crippen LogP contribution is 2.38. The Morgan fingerprint density at radius 3 is 2.62 bits per heavy atom. The average molecular weight is 313 g/mol. The number of rotatable bonds is 2. The molecule has 1 unspecified atom stereocenters. The predicted molar refractivity (Wildman–Crippen MR) is 78.2 cm³/mol. The number of aromatic nitrogens is 2. The first-order valence-corrected chi connectivity index (χ1v) is 9.47. The van der Waals surface area contributed by atoms with Crippen LogP contribution < -0.4 is 5.73 Å². The molecule has 2 heterocycles. The first kappa shape index (κ1) is 15.0. The molecular weight excluding hydrogens is 290 g/mol. The maximum absolute atomic E-state index is 12.1. The van der Waals surface area contributed by atoms with Crippen molar-refractivity contribution in [1.29, 1.82) is 0 Å². The van der Waals surface area contributed by atoms with Crippen LogP contribution in [0.5, 0.6) is 0 Å². The van der Waals surface area contributed by atoms with Crippen molar-refractivity contribution in [2.24, 2.45) is 11.7 Å². The molecule has 0 radical (unpaired) electrons. The van der Waals surface area contributed by atoms with Gasteiger partial charge >= 0.3 is 0 Å². The summed E-state index contributed by atoms with van der Waals surface area (Å²) in [5.74, 6) is 1.59. The van der Waals surface area contributed by atoms with E-state index in [1.54, 1.807) is 0 Å². The molecule has 0 bridgehead atoms. The highest BCUT2D eigenvalue weighted by Gasteiger charge is 2.39. The van der Waals surface area contributed by atoms with E-state index in [0.717, 1.165) is 38.5 Å². The molecule has 0 aromatic carbocycles. The molecule has 2 N–H and O–H groups in total. The van der Waals surface area contributed by atoms with Crippen LogP contribution in [0.3, 0.4) is 0 Å². The lowest BCUT2D eigenvalue weighted by atomic mass is 9.77. The molecule has 1 aromatic rings. The van der Waals surface area contributed by atoms with E-state index in [1.807, 2.05) is 0 Å². The maximum Gasteiger partial charge on any atom is 0.245 e. The third kappa shape index (κ3) is 2.85. The summed E-state index contributed by atoms with van der Waals surface area (Å²) in [7, 11) is -3.16. The number of hydrogen-bond donors (Lipinski definition) is 1. The van der Waals surface area contributed by atoms with Gasteiger partial charge in [0.1, 0.15) is 5.25 Å². The third-order valence-corrected chi connectivity index (χ3v) is 7.07. The standard InChI is InChI=1S/C14H23N3O3S/c1-10-5-7-14(15,8-6-10)13-16-12(20-17-13)11-4-2-3-9-21(11,18)19/h10-11H,2-9,15H2,1H3. The summed E-state index contributed by atoms with van der Waals surface area (Å²) >= 11 is 0. The third-order valence-electron chi connectivity index (χ3n) is 4.91. The quantitative estimate of drug-likeness (QED) is 0.897. The fourth-order valence-electron chi connectivity index (χ4n) is 3.30. The lowest BCUT2D eigenvalue weighted by Gasteiger charge is -2.33. The molecular formula is C14H23N3O3S. The van der Waals surface area contributed by atoms with E-state index in [9.17, 15) is 8.42 Å². The number of nitrogens with two attached hydrogens (primary N) is 1. The van der Waals surface area contributed by atoms with Crippen LogP contribution in [0.1, 0.15) is 68.8 Å². The van der Waals surface area contributed by atoms with Crippen molar-refractivity contribution in [2.45, 2.75) is 62.7 Å². The van der Waals surface area contributed by atoms with E-state index < -0.39 is 20.6 Å². The van der Waals surface area contributed by atoms with E-state index in [2.05, 4.69) is 17.1 Å². The number of nitrogens with zero attached hydrogens (tertiary/aromatic N) is 2. The van der Waals surface area contributed by atoms with Crippen LogP contribution in [0.4, 0.5) is 0 Å². The van der Waals surface area contributed by atoms with Crippen molar-refractivity contribution in [1.82, 2.24) is 10.1 Å². The van der Waals surface area contributed by atoms with Crippen molar-refractivity contribution in [2.75, 3.05) is 5.75 Å². The molecule has 1 atom stereocenters. The van der Waals surface area contributed by atoms with Gasteiger partial charge in [0.25, 0.3) is 0 Å². The largest absolute Gasteiger partial charge is 0.338 e. The van der Waals surface area contributed by atoms with Gasteiger partial charge in [0.2, 0.25) is 5.89 Å². The van der Waals surface area contributed by atoms with Gasteiger partial charge in [-0.1, -0.05) is 18.5 Å². The Labute approximate surface area is 125 Å². The zero-order chi connectivity index (χ0) is 15.1. The molecule has 0 amide bonds. The summed E-state index contributed by atoms with van der Waals surface area (Å²) in [5.41, 5.74) is 5.86. The van der Waals surface area contributed by atoms with Gasteiger partial charge in [0.15, 0.2) is 15.7 Å². The van der Waals surface area contributed by atoms with Crippen LogP contribution in [0.25, 0.3) is 0 Å². The Morgan fingerprint density at radius 1 is 1.24 bits per heavy atom. The molecule has 2 fully saturated rings. The van der Waals surface area contributed by atoms with Gasteiger partial charge in [0, 0.05) is 0 Å². The molecule has 1 aromatic heterocycles. The second-order valence-corrected chi connectivity index (χ2v) is 8.95. The summed E-state index contributed by atoms with van der Waals surface area (Å²) in [5, 5.41) is 3.36. The Bertz CT molecular complexity index is 603. The predicted octanol–water partition coefficient (Wildman–Crippen LogP) is 2.07. The van der Waals surface area contributed by atoms with Crippen molar-refractivity contribution in [3.63, 3.8) is 0 Å². The van der Waals surface area contributed by atoms with E-state index in [4.69, 9.17) is 10.3 Å². The minimum atomic E-state index is -3.16.